The lowest BCUT2D eigenvalue weighted by Gasteiger charge is -2.27. The minimum atomic E-state index is -0.292. The van der Waals surface area contributed by atoms with E-state index in [1.807, 2.05) is 43.3 Å². The van der Waals surface area contributed by atoms with Gasteiger partial charge in [0.1, 0.15) is 5.82 Å². The van der Waals surface area contributed by atoms with Crippen LogP contribution < -0.4 is 5.32 Å². The summed E-state index contributed by atoms with van der Waals surface area (Å²) in [5.74, 6) is -0.105. The number of carbonyl (C=O) groups excluding carboxylic acids is 2. The van der Waals surface area contributed by atoms with E-state index < -0.39 is 0 Å². The molecule has 6 nitrogen and oxygen atoms in total. The fraction of sp³-hybridized carbons (Fsp3) is 0.414. The molecule has 37 heavy (non-hydrogen) atoms. The van der Waals surface area contributed by atoms with Gasteiger partial charge in [-0.05, 0) is 36.6 Å². The highest BCUT2D eigenvalue weighted by Gasteiger charge is 2.27. The molecule has 1 aromatic heterocycles. The smallest absolute Gasteiger partial charge is 0.245 e. The summed E-state index contributed by atoms with van der Waals surface area (Å²) in [5.41, 5.74) is 2.20. The molecule has 0 aliphatic rings. The van der Waals surface area contributed by atoms with E-state index in [9.17, 15) is 9.59 Å². The third kappa shape index (κ3) is 7.36. The highest BCUT2D eigenvalue weighted by molar-refractivity contribution is 6.42. The molecule has 0 radical (unpaired) electrons. The van der Waals surface area contributed by atoms with Crippen LogP contribution in [0.2, 0.25) is 10.0 Å². The SMILES string of the molecule is CCCCN(CC(=O)Nc1cc(C(C)(C)C)nn1-c1ccc(Cl)c(Cl)c1)C(=O)C(CC)c1ccccc1. The molecule has 3 aromatic rings. The van der Waals surface area contributed by atoms with Crippen LogP contribution in [0.15, 0.2) is 54.6 Å². The Morgan fingerprint density at radius 3 is 2.32 bits per heavy atom. The molecule has 2 amide bonds. The number of rotatable bonds is 10. The van der Waals surface area contributed by atoms with Crippen LogP contribution in [0.3, 0.4) is 0 Å². The Kier molecular flexibility index (Phi) is 9.80. The van der Waals surface area contributed by atoms with Gasteiger partial charge in [-0.2, -0.15) is 5.10 Å². The minimum Gasteiger partial charge on any atom is -0.333 e. The predicted molar refractivity (Wildman–Crippen MR) is 152 cm³/mol. The number of halogens is 2. The van der Waals surface area contributed by atoms with Gasteiger partial charge in [-0.3, -0.25) is 9.59 Å². The van der Waals surface area contributed by atoms with Gasteiger partial charge in [-0.1, -0.05) is 94.6 Å². The largest absolute Gasteiger partial charge is 0.333 e. The molecule has 0 bridgehead atoms. The van der Waals surface area contributed by atoms with Gasteiger partial charge in [0.15, 0.2) is 0 Å². The quantitative estimate of drug-likeness (QED) is 0.293. The summed E-state index contributed by atoms with van der Waals surface area (Å²) >= 11 is 12.4. The monoisotopic (exact) mass is 542 g/mol. The first-order valence-electron chi connectivity index (χ1n) is 12.7. The molecular weight excluding hydrogens is 507 g/mol. The van der Waals surface area contributed by atoms with E-state index in [1.54, 1.807) is 27.8 Å². The number of aromatic nitrogens is 2. The Balaban J connectivity index is 1.87. The van der Waals surface area contributed by atoms with Crippen molar-refractivity contribution in [2.45, 2.75) is 65.2 Å². The number of hydrogen-bond donors (Lipinski definition) is 1. The van der Waals surface area contributed by atoms with Crippen molar-refractivity contribution in [2.75, 3.05) is 18.4 Å². The van der Waals surface area contributed by atoms with E-state index in [0.29, 0.717) is 34.5 Å². The lowest BCUT2D eigenvalue weighted by molar-refractivity contribution is -0.136. The maximum absolute atomic E-state index is 13.6. The number of carbonyl (C=O) groups is 2. The second-order valence-electron chi connectivity index (χ2n) is 10.2. The van der Waals surface area contributed by atoms with Crippen molar-refractivity contribution < 1.29 is 9.59 Å². The molecule has 0 saturated carbocycles. The van der Waals surface area contributed by atoms with Crippen molar-refractivity contribution in [1.29, 1.82) is 0 Å². The van der Waals surface area contributed by atoms with Crippen LogP contribution in [0.25, 0.3) is 5.69 Å². The van der Waals surface area contributed by atoms with Gasteiger partial charge in [0.05, 0.1) is 33.9 Å². The normalized spacial score (nSPS) is 12.3. The molecule has 0 aliphatic heterocycles. The van der Waals surface area contributed by atoms with Gasteiger partial charge in [-0.25, -0.2) is 4.68 Å². The zero-order valence-electron chi connectivity index (χ0n) is 22.2. The maximum Gasteiger partial charge on any atom is 0.245 e. The van der Waals surface area contributed by atoms with Crippen LogP contribution in [-0.4, -0.2) is 39.6 Å². The summed E-state index contributed by atoms with van der Waals surface area (Å²) in [7, 11) is 0. The molecule has 1 atom stereocenters. The number of nitrogens with one attached hydrogen (secondary N) is 1. The van der Waals surface area contributed by atoms with Crippen molar-refractivity contribution in [3.05, 3.63) is 75.9 Å². The second kappa shape index (κ2) is 12.6. The Morgan fingerprint density at radius 1 is 1.03 bits per heavy atom. The molecule has 0 saturated heterocycles. The molecule has 198 valence electrons. The zero-order chi connectivity index (χ0) is 27.2. The maximum atomic E-state index is 13.6. The highest BCUT2D eigenvalue weighted by Crippen LogP contribution is 2.30. The van der Waals surface area contributed by atoms with Crippen LogP contribution in [0.4, 0.5) is 5.82 Å². The van der Waals surface area contributed by atoms with Crippen molar-refractivity contribution in [2.24, 2.45) is 0 Å². The fourth-order valence-corrected chi connectivity index (χ4v) is 4.37. The Morgan fingerprint density at radius 2 is 1.73 bits per heavy atom. The van der Waals surface area contributed by atoms with E-state index >= 15 is 0 Å². The first-order valence-corrected chi connectivity index (χ1v) is 13.5. The molecule has 1 heterocycles. The number of nitrogens with zero attached hydrogens (tertiary/aromatic N) is 3. The topological polar surface area (TPSA) is 67.2 Å². The number of anilines is 1. The summed E-state index contributed by atoms with van der Waals surface area (Å²) < 4.78 is 1.65. The fourth-order valence-electron chi connectivity index (χ4n) is 4.08. The van der Waals surface area contributed by atoms with Gasteiger partial charge in [0.2, 0.25) is 11.8 Å². The Labute approximate surface area is 230 Å². The van der Waals surface area contributed by atoms with Gasteiger partial charge < -0.3 is 10.2 Å². The van der Waals surface area contributed by atoms with Crippen molar-refractivity contribution >= 4 is 40.8 Å². The molecule has 0 fully saturated rings. The first kappa shape index (κ1) is 28.7. The summed E-state index contributed by atoms with van der Waals surface area (Å²) in [4.78, 5) is 28.5. The van der Waals surface area contributed by atoms with Crippen LogP contribution in [0.1, 0.15) is 71.1 Å². The molecule has 0 spiro atoms. The van der Waals surface area contributed by atoms with Crippen LogP contribution in [0, 0.1) is 0 Å². The molecule has 8 heteroatoms. The number of amides is 2. The minimum absolute atomic E-state index is 0.0364. The Bertz CT molecular complexity index is 1220. The number of hydrogen-bond acceptors (Lipinski definition) is 3. The predicted octanol–water partition coefficient (Wildman–Crippen LogP) is 7.24. The summed E-state index contributed by atoms with van der Waals surface area (Å²) in [6.07, 6.45) is 2.40. The molecule has 3 rings (SSSR count). The van der Waals surface area contributed by atoms with E-state index in [0.717, 1.165) is 24.1 Å². The number of benzene rings is 2. The third-order valence-corrected chi connectivity index (χ3v) is 6.97. The van der Waals surface area contributed by atoms with Crippen LogP contribution >= 0.6 is 23.2 Å². The highest BCUT2D eigenvalue weighted by atomic mass is 35.5. The molecule has 0 aliphatic carbocycles. The summed E-state index contributed by atoms with van der Waals surface area (Å²) in [6, 6.07) is 16.8. The van der Waals surface area contributed by atoms with E-state index in [4.69, 9.17) is 28.3 Å². The second-order valence-corrected chi connectivity index (χ2v) is 11.0. The lowest BCUT2D eigenvalue weighted by atomic mass is 9.92. The Hall–Kier alpha value is -2.83. The van der Waals surface area contributed by atoms with Gasteiger partial charge in [-0.15, -0.1) is 0 Å². The third-order valence-electron chi connectivity index (χ3n) is 6.23. The molecule has 2 aromatic carbocycles. The molecule has 1 N–H and O–H groups in total. The lowest BCUT2D eigenvalue weighted by Crippen LogP contribution is -2.41. The standard InChI is InChI=1S/C29H36Cl2N4O2/c1-6-8-16-34(28(37)22(7-2)20-12-10-9-11-13-20)19-27(36)32-26-18-25(29(3,4)5)33-35(26)21-14-15-23(30)24(31)17-21/h9-15,17-18,22H,6-8,16,19H2,1-5H3,(H,32,36). The van der Waals surface area contributed by atoms with Crippen molar-refractivity contribution in [3.8, 4) is 5.69 Å². The number of unbranched alkanes of at least 4 members (excludes halogenated alkanes) is 1. The zero-order valence-corrected chi connectivity index (χ0v) is 23.7. The molecule has 1 unspecified atom stereocenters. The van der Waals surface area contributed by atoms with Crippen LogP contribution in [-0.2, 0) is 15.0 Å². The summed E-state index contributed by atoms with van der Waals surface area (Å²) in [6.45, 7) is 10.7. The first-order chi connectivity index (χ1) is 17.5. The van der Waals surface area contributed by atoms with Crippen molar-refractivity contribution in [1.82, 2.24) is 14.7 Å². The van der Waals surface area contributed by atoms with Crippen LogP contribution in [0.5, 0.6) is 0 Å². The van der Waals surface area contributed by atoms with Crippen molar-refractivity contribution in [3.63, 3.8) is 0 Å². The summed E-state index contributed by atoms with van der Waals surface area (Å²) in [5, 5.41) is 8.56. The average molecular weight is 544 g/mol. The van der Waals surface area contributed by atoms with Gasteiger partial charge in [0.25, 0.3) is 0 Å². The van der Waals surface area contributed by atoms with Gasteiger partial charge in [0, 0.05) is 18.0 Å². The van der Waals surface area contributed by atoms with Gasteiger partial charge >= 0.3 is 0 Å². The van der Waals surface area contributed by atoms with E-state index in [2.05, 4.69) is 33.0 Å². The average Bonchev–Trinajstić information content (AvgIpc) is 3.28. The van der Waals surface area contributed by atoms with E-state index in [-0.39, 0.29) is 29.7 Å². The molecular formula is C29H36Cl2N4O2. The van der Waals surface area contributed by atoms with E-state index in [1.165, 1.54) is 0 Å².